The molecule has 2 heterocycles. The molecule has 20 heavy (non-hydrogen) atoms. The molecular weight excluding hydrogens is 260 g/mol. The number of nitrogens with zero attached hydrogens (tertiary/aromatic N) is 3. The maximum Gasteiger partial charge on any atom is 0.314 e. The van der Waals surface area contributed by atoms with Gasteiger partial charge in [0.15, 0.2) is 0 Å². The summed E-state index contributed by atoms with van der Waals surface area (Å²) in [4.78, 5) is 28.2. The normalized spacial score (nSPS) is 14.3. The number of hydrogen-bond donors (Lipinski definition) is 1. The monoisotopic (exact) mass is 278 g/mol. The van der Waals surface area contributed by atoms with Crippen LogP contribution in [0.4, 0.5) is 11.5 Å². The maximum absolute atomic E-state index is 11.9. The van der Waals surface area contributed by atoms with Gasteiger partial charge in [-0.1, -0.05) is 0 Å². The highest BCUT2D eigenvalue weighted by Gasteiger charge is 2.20. The van der Waals surface area contributed by atoms with Crippen LogP contribution in [0, 0.1) is 17.0 Å². The predicted molar refractivity (Wildman–Crippen MR) is 74.5 cm³/mol. The van der Waals surface area contributed by atoms with Crippen molar-refractivity contribution in [2.24, 2.45) is 0 Å². The number of pyridine rings is 1. The Morgan fingerprint density at radius 1 is 1.50 bits per heavy atom. The Morgan fingerprint density at radius 3 is 2.85 bits per heavy atom. The molecule has 1 aliphatic heterocycles. The molecule has 108 valence electrons. The quantitative estimate of drug-likeness (QED) is 0.654. The van der Waals surface area contributed by atoms with E-state index in [0.717, 1.165) is 25.9 Å². The van der Waals surface area contributed by atoms with E-state index in [1.165, 1.54) is 6.20 Å². The Kier molecular flexibility index (Phi) is 4.49. The van der Waals surface area contributed by atoms with Crippen LogP contribution < -0.4 is 5.32 Å². The highest BCUT2D eigenvalue weighted by Crippen LogP contribution is 2.25. The molecule has 2 rings (SSSR count). The number of hydrogen-bond acceptors (Lipinski definition) is 5. The zero-order valence-electron chi connectivity index (χ0n) is 11.5. The second-order valence-corrected chi connectivity index (χ2v) is 4.85. The van der Waals surface area contributed by atoms with Gasteiger partial charge in [0, 0.05) is 37.8 Å². The van der Waals surface area contributed by atoms with Crippen LogP contribution in [0.15, 0.2) is 12.3 Å². The van der Waals surface area contributed by atoms with Gasteiger partial charge in [0.1, 0.15) is 0 Å². The molecule has 1 amide bonds. The summed E-state index contributed by atoms with van der Waals surface area (Å²) >= 11 is 0. The van der Waals surface area contributed by atoms with Crippen LogP contribution in [-0.2, 0) is 4.79 Å². The van der Waals surface area contributed by atoms with Crippen LogP contribution in [0.2, 0.25) is 0 Å². The molecule has 1 aromatic heterocycles. The molecule has 0 spiro atoms. The van der Waals surface area contributed by atoms with E-state index in [4.69, 9.17) is 0 Å². The Labute approximate surface area is 117 Å². The minimum absolute atomic E-state index is 0.0267. The van der Waals surface area contributed by atoms with Crippen LogP contribution in [0.5, 0.6) is 0 Å². The van der Waals surface area contributed by atoms with E-state index in [0.29, 0.717) is 18.5 Å². The third-order valence-electron chi connectivity index (χ3n) is 3.40. The summed E-state index contributed by atoms with van der Waals surface area (Å²) in [6.07, 6.45) is 3.97. The minimum Gasteiger partial charge on any atom is -0.364 e. The van der Waals surface area contributed by atoms with E-state index < -0.39 is 4.92 Å². The van der Waals surface area contributed by atoms with Crippen molar-refractivity contribution in [3.05, 3.63) is 27.9 Å². The first-order chi connectivity index (χ1) is 9.59. The summed E-state index contributed by atoms with van der Waals surface area (Å²) in [6.45, 7) is 3.66. The van der Waals surface area contributed by atoms with Gasteiger partial charge in [0.25, 0.3) is 0 Å². The lowest BCUT2D eigenvalue weighted by molar-refractivity contribution is -0.384. The summed E-state index contributed by atoms with van der Waals surface area (Å²) in [5, 5.41) is 13.9. The van der Waals surface area contributed by atoms with E-state index in [-0.39, 0.29) is 17.4 Å². The Hall–Kier alpha value is -2.18. The van der Waals surface area contributed by atoms with Crippen LogP contribution in [-0.4, -0.2) is 40.3 Å². The molecule has 1 aliphatic rings. The maximum atomic E-state index is 11.9. The molecule has 0 unspecified atom stereocenters. The molecule has 1 saturated heterocycles. The number of aryl methyl sites for hydroxylation is 1. The first-order valence-electron chi connectivity index (χ1n) is 6.71. The van der Waals surface area contributed by atoms with Crippen molar-refractivity contribution >= 4 is 17.4 Å². The van der Waals surface area contributed by atoms with Crippen molar-refractivity contribution in [2.45, 2.75) is 26.2 Å². The number of carbonyl (C=O) groups is 1. The minimum atomic E-state index is -0.451. The zero-order valence-corrected chi connectivity index (χ0v) is 11.5. The van der Waals surface area contributed by atoms with Crippen LogP contribution in [0.3, 0.4) is 0 Å². The van der Waals surface area contributed by atoms with Crippen molar-refractivity contribution in [3.63, 3.8) is 0 Å². The predicted octanol–water partition coefficient (Wildman–Crippen LogP) is 1.72. The molecule has 0 radical (unpaired) electrons. The molecule has 0 aromatic carbocycles. The van der Waals surface area contributed by atoms with Gasteiger partial charge in [0.2, 0.25) is 11.7 Å². The Balaban J connectivity index is 1.92. The Morgan fingerprint density at radius 2 is 2.20 bits per heavy atom. The largest absolute Gasteiger partial charge is 0.364 e. The molecule has 7 heteroatoms. The second-order valence-electron chi connectivity index (χ2n) is 4.85. The van der Waals surface area contributed by atoms with E-state index in [9.17, 15) is 14.9 Å². The van der Waals surface area contributed by atoms with Crippen molar-refractivity contribution in [2.75, 3.05) is 25.0 Å². The van der Waals surface area contributed by atoms with Gasteiger partial charge in [0.05, 0.1) is 4.92 Å². The lowest BCUT2D eigenvalue weighted by atomic mass is 10.2. The van der Waals surface area contributed by atoms with Crippen LogP contribution in [0.25, 0.3) is 0 Å². The van der Waals surface area contributed by atoms with E-state index in [1.807, 2.05) is 4.90 Å². The first kappa shape index (κ1) is 14.2. The fraction of sp³-hybridized carbons (Fsp3) is 0.538. The third-order valence-corrected chi connectivity index (χ3v) is 3.40. The molecular formula is C13H18N4O3. The average Bonchev–Trinajstić information content (AvgIpc) is 2.92. The summed E-state index contributed by atoms with van der Waals surface area (Å²) in [5.74, 6) is 0.314. The molecule has 1 N–H and O–H groups in total. The number of anilines is 1. The SMILES string of the molecule is Cc1ccnc(NCCC(=O)N2CCCC2)c1[N+](=O)[O-]. The summed E-state index contributed by atoms with van der Waals surface area (Å²) in [5.41, 5.74) is 0.527. The lowest BCUT2D eigenvalue weighted by Gasteiger charge is -2.15. The molecule has 1 aromatic rings. The number of aromatic nitrogens is 1. The van der Waals surface area contributed by atoms with Gasteiger partial charge in [-0.15, -0.1) is 0 Å². The second kappa shape index (κ2) is 6.31. The van der Waals surface area contributed by atoms with Gasteiger partial charge in [-0.2, -0.15) is 0 Å². The van der Waals surface area contributed by atoms with Gasteiger partial charge >= 0.3 is 5.69 Å². The smallest absolute Gasteiger partial charge is 0.314 e. The molecule has 0 saturated carbocycles. The molecule has 7 nitrogen and oxygen atoms in total. The third kappa shape index (κ3) is 3.23. The molecule has 0 atom stereocenters. The number of amides is 1. The van der Waals surface area contributed by atoms with Crippen molar-refractivity contribution in [1.29, 1.82) is 0 Å². The van der Waals surface area contributed by atoms with Gasteiger partial charge in [-0.25, -0.2) is 4.98 Å². The fourth-order valence-corrected chi connectivity index (χ4v) is 2.32. The van der Waals surface area contributed by atoms with Gasteiger partial charge in [-0.3, -0.25) is 14.9 Å². The van der Waals surface area contributed by atoms with E-state index >= 15 is 0 Å². The van der Waals surface area contributed by atoms with E-state index in [1.54, 1.807) is 13.0 Å². The molecule has 0 bridgehead atoms. The average molecular weight is 278 g/mol. The number of nitrogens with one attached hydrogen (secondary N) is 1. The summed E-state index contributed by atoms with van der Waals surface area (Å²) in [6, 6.07) is 1.60. The standard InChI is InChI=1S/C13H18N4O3/c1-10-4-6-14-13(12(10)17(19)20)15-7-5-11(18)16-8-2-3-9-16/h4,6H,2-3,5,7-9H2,1H3,(H,14,15). The van der Waals surface area contributed by atoms with Crippen LogP contribution in [0.1, 0.15) is 24.8 Å². The summed E-state index contributed by atoms with van der Waals surface area (Å²) in [7, 11) is 0. The number of nitro groups is 1. The fourth-order valence-electron chi connectivity index (χ4n) is 2.32. The van der Waals surface area contributed by atoms with Crippen molar-refractivity contribution < 1.29 is 9.72 Å². The zero-order chi connectivity index (χ0) is 14.5. The molecule has 1 fully saturated rings. The van der Waals surface area contributed by atoms with Crippen molar-refractivity contribution in [1.82, 2.24) is 9.88 Å². The van der Waals surface area contributed by atoms with Gasteiger partial charge < -0.3 is 10.2 Å². The number of likely N-dealkylation sites (tertiary alicyclic amines) is 1. The Bertz CT molecular complexity index is 512. The summed E-state index contributed by atoms with van der Waals surface area (Å²) < 4.78 is 0. The molecule has 0 aliphatic carbocycles. The van der Waals surface area contributed by atoms with Crippen molar-refractivity contribution in [3.8, 4) is 0 Å². The first-order valence-corrected chi connectivity index (χ1v) is 6.71. The van der Waals surface area contributed by atoms with E-state index in [2.05, 4.69) is 10.3 Å². The number of carbonyl (C=O) groups excluding carboxylic acids is 1. The van der Waals surface area contributed by atoms with Gasteiger partial charge in [-0.05, 0) is 25.8 Å². The highest BCUT2D eigenvalue weighted by atomic mass is 16.6. The number of rotatable bonds is 5. The lowest BCUT2D eigenvalue weighted by Crippen LogP contribution is -2.29. The highest BCUT2D eigenvalue weighted by molar-refractivity contribution is 5.77. The van der Waals surface area contributed by atoms with Crippen LogP contribution >= 0.6 is 0 Å². The topological polar surface area (TPSA) is 88.4 Å².